The molecule has 0 radical (unpaired) electrons. The summed E-state index contributed by atoms with van der Waals surface area (Å²) in [6.45, 7) is 1.95. The molecule has 0 saturated heterocycles. The molecule has 1 amide bonds. The minimum absolute atomic E-state index is 0.0509. The number of hydrogen-bond acceptors (Lipinski definition) is 4. The second-order valence-electron chi connectivity index (χ2n) is 6.43. The molecule has 3 rings (SSSR count). The summed E-state index contributed by atoms with van der Waals surface area (Å²) in [6.07, 6.45) is 0. The molecular formula is C22H20Cl2N2O4S. The van der Waals surface area contributed by atoms with Crippen LogP contribution in [0.5, 0.6) is 5.75 Å². The van der Waals surface area contributed by atoms with Gasteiger partial charge in [0.2, 0.25) is 5.91 Å². The minimum Gasteiger partial charge on any atom is -0.494 e. The molecule has 6 nitrogen and oxygen atoms in total. The van der Waals surface area contributed by atoms with Crippen LogP contribution in [0.1, 0.15) is 6.92 Å². The van der Waals surface area contributed by atoms with Gasteiger partial charge in [-0.05, 0) is 61.5 Å². The molecule has 3 aromatic carbocycles. The highest BCUT2D eigenvalue weighted by atomic mass is 35.5. The Morgan fingerprint density at radius 1 is 0.968 bits per heavy atom. The largest absolute Gasteiger partial charge is 0.494 e. The lowest BCUT2D eigenvalue weighted by molar-refractivity contribution is -0.114. The van der Waals surface area contributed by atoms with Crippen molar-refractivity contribution in [2.24, 2.45) is 0 Å². The molecule has 0 aliphatic rings. The Morgan fingerprint density at radius 2 is 1.65 bits per heavy atom. The minimum atomic E-state index is -4.03. The van der Waals surface area contributed by atoms with Gasteiger partial charge < -0.3 is 10.1 Å². The first-order chi connectivity index (χ1) is 14.8. The third-order valence-corrected chi connectivity index (χ3v) is 6.79. The third kappa shape index (κ3) is 5.70. The number of anilines is 2. The van der Waals surface area contributed by atoms with Gasteiger partial charge in [-0.3, -0.25) is 9.10 Å². The second kappa shape index (κ2) is 10.0. The third-order valence-electron chi connectivity index (χ3n) is 4.26. The normalized spacial score (nSPS) is 11.1. The highest BCUT2D eigenvalue weighted by Crippen LogP contribution is 2.30. The van der Waals surface area contributed by atoms with Gasteiger partial charge in [0.05, 0.1) is 27.2 Å². The average molecular weight is 479 g/mol. The van der Waals surface area contributed by atoms with E-state index in [1.165, 1.54) is 30.3 Å². The lowest BCUT2D eigenvalue weighted by atomic mass is 10.3. The standard InChI is InChI=1S/C22H20Cl2N2O4S/c1-2-30-18-11-8-16(9-12-18)25-22(27)15-26(17-10-13-20(23)21(24)14-17)31(28,29)19-6-4-3-5-7-19/h3-14H,2,15H2,1H3,(H,25,27). The van der Waals surface area contributed by atoms with Crippen molar-refractivity contribution in [2.45, 2.75) is 11.8 Å². The number of amides is 1. The number of rotatable bonds is 8. The fraction of sp³-hybridized carbons (Fsp3) is 0.136. The number of nitrogens with zero attached hydrogens (tertiary/aromatic N) is 1. The van der Waals surface area contributed by atoms with Crippen molar-refractivity contribution in [3.63, 3.8) is 0 Å². The van der Waals surface area contributed by atoms with Crippen LogP contribution < -0.4 is 14.4 Å². The van der Waals surface area contributed by atoms with Crippen molar-refractivity contribution in [3.8, 4) is 5.75 Å². The topological polar surface area (TPSA) is 75.7 Å². The van der Waals surface area contributed by atoms with Crippen LogP contribution in [0.3, 0.4) is 0 Å². The summed E-state index contributed by atoms with van der Waals surface area (Å²) in [7, 11) is -4.03. The van der Waals surface area contributed by atoms with Crippen LogP contribution in [0.4, 0.5) is 11.4 Å². The van der Waals surface area contributed by atoms with Gasteiger partial charge in [0, 0.05) is 5.69 Å². The Morgan fingerprint density at radius 3 is 2.26 bits per heavy atom. The molecule has 3 aromatic rings. The van der Waals surface area contributed by atoms with E-state index in [0.29, 0.717) is 18.0 Å². The monoisotopic (exact) mass is 478 g/mol. The van der Waals surface area contributed by atoms with Gasteiger partial charge in [0.1, 0.15) is 12.3 Å². The summed E-state index contributed by atoms with van der Waals surface area (Å²) in [6, 6.07) is 19.0. The molecule has 0 heterocycles. The lowest BCUT2D eigenvalue weighted by Crippen LogP contribution is -2.38. The van der Waals surface area contributed by atoms with Gasteiger partial charge in [0.25, 0.3) is 10.0 Å². The molecule has 162 valence electrons. The van der Waals surface area contributed by atoms with E-state index in [9.17, 15) is 13.2 Å². The smallest absolute Gasteiger partial charge is 0.264 e. The zero-order valence-corrected chi connectivity index (χ0v) is 18.9. The molecule has 0 fully saturated rings. The van der Waals surface area contributed by atoms with Crippen molar-refractivity contribution in [3.05, 3.63) is 82.8 Å². The van der Waals surface area contributed by atoms with Gasteiger partial charge in [-0.25, -0.2) is 8.42 Å². The van der Waals surface area contributed by atoms with E-state index in [-0.39, 0.29) is 20.6 Å². The molecule has 0 saturated carbocycles. The average Bonchev–Trinajstić information content (AvgIpc) is 2.76. The highest BCUT2D eigenvalue weighted by Gasteiger charge is 2.27. The Labute approximate surface area is 191 Å². The Hall–Kier alpha value is -2.74. The second-order valence-corrected chi connectivity index (χ2v) is 9.11. The van der Waals surface area contributed by atoms with Gasteiger partial charge in [-0.15, -0.1) is 0 Å². The number of hydrogen-bond donors (Lipinski definition) is 1. The van der Waals surface area contributed by atoms with Crippen molar-refractivity contribution < 1.29 is 17.9 Å². The first-order valence-electron chi connectivity index (χ1n) is 9.37. The maximum atomic E-state index is 13.3. The van der Waals surface area contributed by atoms with Crippen LogP contribution in [0.2, 0.25) is 10.0 Å². The maximum Gasteiger partial charge on any atom is 0.264 e. The fourth-order valence-electron chi connectivity index (χ4n) is 2.81. The molecular weight excluding hydrogens is 459 g/mol. The van der Waals surface area contributed by atoms with Gasteiger partial charge in [-0.1, -0.05) is 41.4 Å². The summed E-state index contributed by atoms with van der Waals surface area (Å²) in [5.74, 6) is 0.152. The Bertz CT molecular complexity index is 1150. The molecule has 0 atom stereocenters. The van der Waals surface area contributed by atoms with E-state index in [1.54, 1.807) is 42.5 Å². The van der Waals surface area contributed by atoms with Gasteiger partial charge in [-0.2, -0.15) is 0 Å². The van der Waals surface area contributed by atoms with E-state index in [0.717, 1.165) is 4.31 Å². The number of halogens is 2. The zero-order chi connectivity index (χ0) is 22.4. The summed E-state index contributed by atoms with van der Waals surface area (Å²) in [5.41, 5.74) is 0.736. The van der Waals surface area contributed by atoms with Crippen molar-refractivity contribution in [1.29, 1.82) is 0 Å². The van der Waals surface area contributed by atoms with Crippen molar-refractivity contribution >= 4 is 50.5 Å². The Kier molecular flexibility index (Phi) is 7.43. The van der Waals surface area contributed by atoms with Crippen LogP contribution in [-0.2, 0) is 14.8 Å². The predicted molar refractivity (Wildman–Crippen MR) is 124 cm³/mol. The molecule has 0 aliphatic carbocycles. The van der Waals surface area contributed by atoms with Crippen LogP contribution >= 0.6 is 23.2 Å². The van der Waals surface area contributed by atoms with Crippen LogP contribution in [0.15, 0.2) is 77.7 Å². The molecule has 31 heavy (non-hydrogen) atoms. The SMILES string of the molecule is CCOc1ccc(NC(=O)CN(c2ccc(Cl)c(Cl)c2)S(=O)(=O)c2ccccc2)cc1. The van der Waals surface area contributed by atoms with E-state index in [2.05, 4.69) is 5.32 Å². The van der Waals surface area contributed by atoms with E-state index < -0.39 is 22.5 Å². The first-order valence-corrected chi connectivity index (χ1v) is 11.6. The molecule has 0 aliphatic heterocycles. The predicted octanol–water partition coefficient (Wildman–Crippen LogP) is 5.23. The number of benzene rings is 3. The molecule has 0 aromatic heterocycles. The van der Waals surface area contributed by atoms with Gasteiger partial charge >= 0.3 is 0 Å². The van der Waals surface area contributed by atoms with Gasteiger partial charge in [0.15, 0.2) is 0 Å². The van der Waals surface area contributed by atoms with E-state index in [1.807, 2.05) is 6.92 Å². The first kappa shape index (κ1) is 22.9. The number of carbonyl (C=O) groups is 1. The lowest BCUT2D eigenvalue weighted by Gasteiger charge is -2.24. The Balaban J connectivity index is 1.89. The number of nitrogens with one attached hydrogen (secondary N) is 1. The van der Waals surface area contributed by atoms with E-state index in [4.69, 9.17) is 27.9 Å². The van der Waals surface area contributed by atoms with E-state index >= 15 is 0 Å². The fourth-order valence-corrected chi connectivity index (χ4v) is 4.53. The summed E-state index contributed by atoms with van der Waals surface area (Å²) in [5, 5.41) is 3.16. The van der Waals surface area contributed by atoms with Crippen molar-refractivity contribution in [1.82, 2.24) is 0 Å². The molecule has 1 N–H and O–H groups in total. The summed E-state index contributed by atoms with van der Waals surface area (Å²) < 4.78 is 32.9. The number of carbonyl (C=O) groups excluding carboxylic acids is 1. The highest BCUT2D eigenvalue weighted by molar-refractivity contribution is 7.92. The van der Waals surface area contributed by atoms with Crippen LogP contribution in [0.25, 0.3) is 0 Å². The molecule has 0 spiro atoms. The molecule has 0 bridgehead atoms. The van der Waals surface area contributed by atoms with Crippen LogP contribution in [0, 0.1) is 0 Å². The quantitative estimate of drug-likeness (QED) is 0.480. The zero-order valence-electron chi connectivity index (χ0n) is 16.6. The maximum absolute atomic E-state index is 13.3. The van der Waals surface area contributed by atoms with Crippen LogP contribution in [-0.4, -0.2) is 27.5 Å². The molecule has 0 unspecified atom stereocenters. The van der Waals surface area contributed by atoms with Crippen molar-refractivity contribution in [2.75, 3.05) is 22.8 Å². The number of sulfonamides is 1. The summed E-state index contributed by atoms with van der Waals surface area (Å²) in [4.78, 5) is 12.8. The molecule has 9 heteroatoms. The summed E-state index contributed by atoms with van der Waals surface area (Å²) >= 11 is 12.1. The number of ether oxygens (including phenoxy) is 1.